The fraction of sp³-hybridized carbons (Fsp3) is 0.147. The first-order valence-electron chi connectivity index (χ1n) is 13.0. The van der Waals surface area contributed by atoms with E-state index in [-0.39, 0.29) is 0 Å². The smallest absolute Gasteiger partial charge is 0.145 e. The average Bonchev–Trinajstić information content (AvgIpc) is 3.52. The first kappa shape index (κ1) is 22.4. The third-order valence-electron chi connectivity index (χ3n) is 7.51. The second kappa shape index (κ2) is 8.93. The molecule has 7 rings (SSSR count). The van der Waals surface area contributed by atoms with Crippen LogP contribution in [0, 0.1) is 0 Å². The van der Waals surface area contributed by atoms with E-state index in [1.165, 1.54) is 27.1 Å². The summed E-state index contributed by atoms with van der Waals surface area (Å²) in [6.07, 6.45) is 9.07. The molecular formula is C34H28N2S. The molecule has 0 fully saturated rings. The van der Waals surface area contributed by atoms with Crippen LogP contribution < -0.4 is 0 Å². The molecule has 180 valence electrons. The highest BCUT2D eigenvalue weighted by Crippen LogP contribution is 2.52. The van der Waals surface area contributed by atoms with E-state index in [1.54, 1.807) is 0 Å². The predicted octanol–water partition coefficient (Wildman–Crippen LogP) is 9.17. The maximum absolute atomic E-state index is 5.17. The SMILES string of the molecule is CC(C)c1cc(-c2cccc3c2SC2C=CC=CC32)cc(-c2nc3ccccc3n2-c2ccccc2)c1. The van der Waals surface area contributed by atoms with Crippen LogP contribution in [-0.2, 0) is 0 Å². The van der Waals surface area contributed by atoms with Gasteiger partial charge in [-0.2, -0.15) is 0 Å². The summed E-state index contributed by atoms with van der Waals surface area (Å²) < 4.78 is 2.30. The molecule has 5 aromatic rings. The standard InChI is InChI=1S/C34H28N2S/c1-22(2)23-19-24(27-14-10-15-29-28-13-6-9-18-32(28)37-33(27)29)21-25(20-23)34-35-30-16-7-8-17-31(30)36(34)26-11-4-3-5-12-26/h3-22,28,32H,1-2H3. The molecule has 0 saturated carbocycles. The molecule has 2 atom stereocenters. The first-order chi connectivity index (χ1) is 18.2. The highest BCUT2D eigenvalue weighted by molar-refractivity contribution is 8.00. The molecule has 4 aromatic carbocycles. The van der Waals surface area contributed by atoms with Crippen molar-refractivity contribution in [1.29, 1.82) is 0 Å². The number of aromatic nitrogens is 2. The van der Waals surface area contributed by atoms with Gasteiger partial charge in [-0.1, -0.05) is 92.7 Å². The van der Waals surface area contributed by atoms with E-state index in [1.807, 2.05) is 11.8 Å². The van der Waals surface area contributed by atoms with Crippen molar-refractivity contribution in [3.63, 3.8) is 0 Å². The molecule has 1 aliphatic carbocycles. The monoisotopic (exact) mass is 496 g/mol. The third-order valence-corrected chi connectivity index (χ3v) is 8.92. The van der Waals surface area contributed by atoms with Crippen molar-refractivity contribution >= 4 is 22.8 Å². The van der Waals surface area contributed by atoms with Crippen LogP contribution in [0.3, 0.4) is 0 Å². The minimum Gasteiger partial charge on any atom is -0.292 e. The Hall–Kier alpha value is -3.82. The van der Waals surface area contributed by atoms with Gasteiger partial charge >= 0.3 is 0 Å². The molecule has 1 aromatic heterocycles. The van der Waals surface area contributed by atoms with Gasteiger partial charge in [0.05, 0.1) is 11.0 Å². The summed E-state index contributed by atoms with van der Waals surface area (Å²) in [5, 5.41) is 0.483. The van der Waals surface area contributed by atoms with E-state index < -0.39 is 0 Å². The number of hydrogen-bond acceptors (Lipinski definition) is 2. The van der Waals surface area contributed by atoms with Gasteiger partial charge in [0.15, 0.2) is 0 Å². The van der Waals surface area contributed by atoms with Gasteiger partial charge in [0.25, 0.3) is 0 Å². The summed E-state index contributed by atoms with van der Waals surface area (Å²) >= 11 is 2.00. The Labute approximate surface area is 222 Å². The van der Waals surface area contributed by atoms with E-state index in [9.17, 15) is 0 Å². The van der Waals surface area contributed by atoms with Gasteiger partial charge in [-0.15, -0.1) is 11.8 Å². The summed E-state index contributed by atoms with van der Waals surface area (Å²) in [5.41, 5.74) is 9.78. The van der Waals surface area contributed by atoms with Crippen LogP contribution in [0.1, 0.15) is 36.8 Å². The molecule has 37 heavy (non-hydrogen) atoms. The van der Waals surface area contributed by atoms with Gasteiger partial charge in [0, 0.05) is 27.3 Å². The van der Waals surface area contributed by atoms with E-state index in [0.29, 0.717) is 17.1 Å². The molecule has 2 heterocycles. The van der Waals surface area contributed by atoms with Crippen LogP contribution in [0.5, 0.6) is 0 Å². The lowest BCUT2D eigenvalue weighted by atomic mass is 9.89. The fourth-order valence-corrected chi connectivity index (χ4v) is 7.10. The number of thioether (sulfide) groups is 1. The Morgan fingerprint density at radius 1 is 0.784 bits per heavy atom. The largest absolute Gasteiger partial charge is 0.292 e. The Kier molecular flexibility index (Phi) is 5.40. The molecule has 0 amide bonds. The molecule has 0 N–H and O–H groups in total. The van der Waals surface area contributed by atoms with Crippen molar-refractivity contribution in [3.05, 3.63) is 126 Å². The van der Waals surface area contributed by atoms with E-state index >= 15 is 0 Å². The lowest BCUT2D eigenvalue weighted by Gasteiger charge is -2.16. The van der Waals surface area contributed by atoms with E-state index in [2.05, 4.69) is 134 Å². The Bertz CT molecular complexity index is 1690. The number of benzene rings is 4. The Morgan fingerprint density at radius 2 is 1.57 bits per heavy atom. The summed E-state index contributed by atoms with van der Waals surface area (Å²) in [6.45, 7) is 4.55. The van der Waals surface area contributed by atoms with Crippen molar-refractivity contribution in [1.82, 2.24) is 9.55 Å². The number of imidazole rings is 1. The summed E-state index contributed by atoms with van der Waals surface area (Å²) in [7, 11) is 0. The lowest BCUT2D eigenvalue weighted by Crippen LogP contribution is -2.06. The molecule has 0 saturated heterocycles. The summed E-state index contributed by atoms with van der Waals surface area (Å²) in [6, 6.07) is 32.9. The molecule has 0 radical (unpaired) electrons. The molecule has 2 nitrogen and oxygen atoms in total. The molecular weight excluding hydrogens is 468 g/mol. The Morgan fingerprint density at radius 3 is 2.43 bits per heavy atom. The molecule has 0 spiro atoms. The zero-order chi connectivity index (χ0) is 24.9. The predicted molar refractivity (Wildman–Crippen MR) is 157 cm³/mol. The van der Waals surface area contributed by atoms with Crippen molar-refractivity contribution in [3.8, 4) is 28.2 Å². The van der Waals surface area contributed by atoms with Crippen LogP contribution in [-0.4, -0.2) is 14.8 Å². The summed E-state index contributed by atoms with van der Waals surface area (Å²) in [5.74, 6) is 1.85. The van der Waals surface area contributed by atoms with Crippen molar-refractivity contribution < 1.29 is 0 Å². The molecule has 0 bridgehead atoms. The Balaban J connectivity index is 1.45. The zero-order valence-corrected chi connectivity index (χ0v) is 21.8. The number of nitrogens with zero attached hydrogens (tertiary/aromatic N) is 2. The molecule has 2 unspecified atom stereocenters. The maximum Gasteiger partial charge on any atom is 0.145 e. The second-order valence-corrected chi connectivity index (χ2v) is 11.4. The quantitative estimate of drug-likeness (QED) is 0.247. The zero-order valence-electron chi connectivity index (χ0n) is 21.0. The van der Waals surface area contributed by atoms with Gasteiger partial charge in [-0.05, 0) is 64.6 Å². The minimum absolute atomic E-state index is 0.408. The van der Waals surface area contributed by atoms with E-state index in [0.717, 1.165) is 28.1 Å². The van der Waals surface area contributed by atoms with Crippen molar-refractivity contribution in [2.45, 2.75) is 35.8 Å². The first-order valence-corrected chi connectivity index (χ1v) is 13.9. The van der Waals surface area contributed by atoms with Crippen LogP contribution in [0.15, 0.2) is 120 Å². The number of fused-ring (bicyclic) bond motifs is 4. The van der Waals surface area contributed by atoms with Crippen LogP contribution in [0.4, 0.5) is 0 Å². The second-order valence-electron chi connectivity index (χ2n) is 10.2. The van der Waals surface area contributed by atoms with E-state index in [4.69, 9.17) is 4.98 Å². The normalized spacial score (nSPS) is 17.9. The highest BCUT2D eigenvalue weighted by atomic mass is 32.2. The van der Waals surface area contributed by atoms with Gasteiger partial charge in [-0.25, -0.2) is 4.98 Å². The van der Waals surface area contributed by atoms with Crippen LogP contribution >= 0.6 is 11.8 Å². The highest BCUT2D eigenvalue weighted by Gasteiger charge is 2.32. The van der Waals surface area contributed by atoms with Crippen molar-refractivity contribution in [2.24, 2.45) is 0 Å². The summed E-state index contributed by atoms with van der Waals surface area (Å²) in [4.78, 5) is 6.58. The molecule has 1 aliphatic heterocycles. The number of allylic oxidation sites excluding steroid dienone is 3. The molecule has 2 aliphatic rings. The van der Waals surface area contributed by atoms with Gasteiger partial charge < -0.3 is 0 Å². The number of rotatable bonds is 4. The number of hydrogen-bond donors (Lipinski definition) is 0. The van der Waals surface area contributed by atoms with Crippen molar-refractivity contribution in [2.75, 3.05) is 0 Å². The maximum atomic E-state index is 5.17. The average molecular weight is 497 g/mol. The van der Waals surface area contributed by atoms with Gasteiger partial charge in [0.1, 0.15) is 5.82 Å². The fourth-order valence-electron chi connectivity index (χ4n) is 5.62. The van der Waals surface area contributed by atoms with Crippen LogP contribution in [0.2, 0.25) is 0 Å². The van der Waals surface area contributed by atoms with Gasteiger partial charge in [0.2, 0.25) is 0 Å². The minimum atomic E-state index is 0.408. The topological polar surface area (TPSA) is 17.8 Å². The number of para-hydroxylation sites is 3. The lowest BCUT2D eigenvalue weighted by molar-refractivity contribution is 0.866. The van der Waals surface area contributed by atoms with Crippen LogP contribution in [0.25, 0.3) is 39.2 Å². The molecule has 3 heteroatoms. The third kappa shape index (κ3) is 3.77. The van der Waals surface area contributed by atoms with Gasteiger partial charge in [-0.3, -0.25) is 4.57 Å².